The molecular formula is C12H14BrN5. The van der Waals surface area contributed by atoms with Crippen LogP contribution < -0.4 is 5.32 Å². The minimum atomic E-state index is 0.606. The number of hydrogen-bond donors (Lipinski definition) is 1. The monoisotopic (exact) mass is 307 g/mol. The van der Waals surface area contributed by atoms with Gasteiger partial charge in [-0.1, -0.05) is 22.5 Å². The molecule has 0 saturated carbocycles. The molecule has 94 valence electrons. The average Bonchev–Trinajstić information content (AvgIpc) is 2.66. The van der Waals surface area contributed by atoms with Gasteiger partial charge >= 0.3 is 0 Å². The summed E-state index contributed by atoms with van der Waals surface area (Å²) < 4.78 is 2.64. The Labute approximate surface area is 114 Å². The maximum absolute atomic E-state index is 4.45. The number of halogens is 1. The highest BCUT2D eigenvalue weighted by Gasteiger charge is 2.06. The van der Waals surface area contributed by atoms with Gasteiger partial charge in [0.15, 0.2) is 5.82 Å². The van der Waals surface area contributed by atoms with Gasteiger partial charge in [-0.05, 0) is 19.9 Å². The minimum Gasteiger partial charge on any atom is -0.364 e. The van der Waals surface area contributed by atoms with Gasteiger partial charge in [-0.25, -0.2) is 9.67 Å². The molecule has 1 N–H and O–H groups in total. The van der Waals surface area contributed by atoms with Crippen molar-refractivity contribution < 1.29 is 0 Å². The fraction of sp³-hybridized carbons (Fsp3) is 0.250. The lowest BCUT2D eigenvalue weighted by Gasteiger charge is -2.07. The number of hydrogen-bond acceptors (Lipinski definition) is 4. The van der Waals surface area contributed by atoms with E-state index in [0.29, 0.717) is 18.2 Å². The molecular weight excluding hydrogens is 294 g/mol. The van der Waals surface area contributed by atoms with Crippen LogP contribution in [0, 0.1) is 13.8 Å². The predicted molar refractivity (Wildman–Crippen MR) is 75.2 cm³/mol. The molecule has 0 atom stereocenters. The first-order chi connectivity index (χ1) is 8.56. The van der Waals surface area contributed by atoms with Gasteiger partial charge < -0.3 is 5.32 Å². The summed E-state index contributed by atoms with van der Waals surface area (Å²) in [6, 6.07) is 2.00. The predicted octanol–water partition coefficient (Wildman–Crippen LogP) is 2.60. The van der Waals surface area contributed by atoms with Gasteiger partial charge in [0.1, 0.15) is 5.82 Å². The first-order valence-electron chi connectivity index (χ1n) is 5.49. The van der Waals surface area contributed by atoms with Crippen LogP contribution >= 0.6 is 15.9 Å². The molecule has 0 fully saturated rings. The Balaban J connectivity index is 2.27. The van der Waals surface area contributed by atoms with Crippen LogP contribution in [0.25, 0.3) is 5.82 Å². The summed E-state index contributed by atoms with van der Waals surface area (Å²) >= 11 is 3.29. The molecule has 0 aliphatic rings. The fourth-order valence-electron chi connectivity index (χ4n) is 1.59. The number of aromatic nitrogens is 4. The van der Waals surface area contributed by atoms with E-state index in [9.17, 15) is 0 Å². The van der Waals surface area contributed by atoms with Gasteiger partial charge in [-0.3, -0.25) is 4.98 Å². The SMILES string of the molecule is C=C(Br)CNc1cncc(-n2nc(C)cc2C)n1. The van der Waals surface area contributed by atoms with Crippen molar-refractivity contribution in [2.45, 2.75) is 13.8 Å². The van der Waals surface area contributed by atoms with E-state index in [1.807, 2.05) is 19.9 Å². The summed E-state index contributed by atoms with van der Waals surface area (Å²) in [7, 11) is 0. The molecule has 0 aliphatic heterocycles. The van der Waals surface area contributed by atoms with Gasteiger partial charge in [0, 0.05) is 16.7 Å². The second-order valence-electron chi connectivity index (χ2n) is 3.97. The van der Waals surface area contributed by atoms with Crippen LogP contribution in [0.15, 0.2) is 29.5 Å². The first-order valence-corrected chi connectivity index (χ1v) is 6.28. The van der Waals surface area contributed by atoms with Crippen LogP contribution in [0.1, 0.15) is 11.4 Å². The zero-order valence-electron chi connectivity index (χ0n) is 10.3. The standard InChI is InChI=1S/C12H14BrN5/c1-8(13)5-15-11-6-14-7-12(16-11)18-10(3)4-9(2)17-18/h4,6-7H,1,5H2,2-3H3,(H,15,16). The van der Waals surface area contributed by atoms with Gasteiger partial charge in [0.25, 0.3) is 0 Å². The average molecular weight is 308 g/mol. The highest BCUT2D eigenvalue weighted by molar-refractivity contribution is 9.11. The summed E-state index contributed by atoms with van der Waals surface area (Å²) in [6.07, 6.45) is 3.36. The molecule has 2 heterocycles. The quantitative estimate of drug-likeness (QED) is 0.943. The van der Waals surface area contributed by atoms with E-state index in [1.54, 1.807) is 17.1 Å². The Bertz CT molecular complexity index is 576. The largest absolute Gasteiger partial charge is 0.364 e. The van der Waals surface area contributed by atoms with Crippen molar-refractivity contribution in [3.05, 3.63) is 40.9 Å². The van der Waals surface area contributed by atoms with Crippen molar-refractivity contribution in [3.8, 4) is 5.82 Å². The fourth-order valence-corrected chi connectivity index (χ4v) is 1.73. The molecule has 0 aliphatic carbocycles. The first kappa shape index (κ1) is 12.8. The minimum absolute atomic E-state index is 0.606. The van der Waals surface area contributed by atoms with Gasteiger partial charge in [0.2, 0.25) is 0 Å². The van der Waals surface area contributed by atoms with Crippen LogP contribution in [-0.2, 0) is 0 Å². The maximum Gasteiger partial charge on any atom is 0.174 e. The van der Waals surface area contributed by atoms with Crippen LogP contribution in [0.3, 0.4) is 0 Å². The van der Waals surface area contributed by atoms with E-state index >= 15 is 0 Å². The zero-order chi connectivity index (χ0) is 13.1. The highest BCUT2D eigenvalue weighted by Crippen LogP contribution is 2.11. The van der Waals surface area contributed by atoms with E-state index in [0.717, 1.165) is 15.9 Å². The molecule has 18 heavy (non-hydrogen) atoms. The molecule has 0 bridgehead atoms. The zero-order valence-corrected chi connectivity index (χ0v) is 11.9. The Morgan fingerprint density at radius 1 is 1.44 bits per heavy atom. The maximum atomic E-state index is 4.45. The third-order valence-electron chi connectivity index (χ3n) is 2.31. The third-order valence-corrected chi connectivity index (χ3v) is 2.59. The molecule has 0 amide bonds. The van der Waals surface area contributed by atoms with Crippen molar-refractivity contribution >= 4 is 21.7 Å². The molecule has 2 aromatic rings. The summed E-state index contributed by atoms with van der Waals surface area (Å²) in [5, 5.41) is 7.50. The lowest BCUT2D eigenvalue weighted by atomic mass is 10.4. The topological polar surface area (TPSA) is 55.6 Å². The second-order valence-corrected chi connectivity index (χ2v) is 5.09. The van der Waals surface area contributed by atoms with E-state index in [4.69, 9.17) is 0 Å². The van der Waals surface area contributed by atoms with Crippen LogP contribution in [0.5, 0.6) is 0 Å². The van der Waals surface area contributed by atoms with Crippen molar-refractivity contribution in [2.75, 3.05) is 11.9 Å². The van der Waals surface area contributed by atoms with Crippen molar-refractivity contribution in [1.29, 1.82) is 0 Å². The van der Waals surface area contributed by atoms with Crippen LogP contribution in [-0.4, -0.2) is 26.3 Å². The summed E-state index contributed by atoms with van der Waals surface area (Å²) in [5.41, 5.74) is 1.99. The van der Waals surface area contributed by atoms with Crippen LogP contribution in [0.2, 0.25) is 0 Å². The molecule has 0 aromatic carbocycles. The molecule has 2 aromatic heterocycles. The number of nitrogens with zero attached hydrogens (tertiary/aromatic N) is 4. The van der Waals surface area contributed by atoms with Crippen molar-refractivity contribution in [3.63, 3.8) is 0 Å². The molecule has 0 radical (unpaired) electrons. The van der Waals surface area contributed by atoms with Crippen molar-refractivity contribution in [2.24, 2.45) is 0 Å². The molecule has 6 heteroatoms. The number of anilines is 1. The van der Waals surface area contributed by atoms with E-state index in [-0.39, 0.29) is 0 Å². The number of nitrogens with one attached hydrogen (secondary N) is 1. The molecule has 2 rings (SSSR count). The van der Waals surface area contributed by atoms with Crippen LogP contribution in [0.4, 0.5) is 5.82 Å². The smallest absolute Gasteiger partial charge is 0.174 e. The van der Waals surface area contributed by atoms with E-state index in [2.05, 4.69) is 42.9 Å². The second kappa shape index (κ2) is 5.30. The molecule has 0 saturated heterocycles. The Hall–Kier alpha value is -1.69. The normalized spacial score (nSPS) is 10.4. The highest BCUT2D eigenvalue weighted by atomic mass is 79.9. The summed E-state index contributed by atoms with van der Waals surface area (Å²) in [5.74, 6) is 1.39. The van der Waals surface area contributed by atoms with Gasteiger partial charge in [-0.15, -0.1) is 0 Å². The van der Waals surface area contributed by atoms with Crippen molar-refractivity contribution in [1.82, 2.24) is 19.7 Å². The summed E-state index contributed by atoms with van der Waals surface area (Å²) in [6.45, 7) is 8.30. The molecule has 0 spiro atoms. The number of aryl methyl sites for hydroxylation is 2. The lowest BCUT2D eigenvalue weighted by molar-refractivity contribution is 0.800. The molecule has 0 unspecified atom stereocenters. The lowest BCUT2D eigenvalue weighted by Crippen LogP contribution is -2.07. The van der Waals surface area contributed by atoms with Gasteiger partial charge in [-0.2, -0.15) is 5.10 Å². The van der Waals surface area contributed by atoms with Gasteiger partial charge in [0.05, 0.1) is 18.1 Å². The Morgan fingerprint density at radius 3 is 2.83 bits per heavy atom. The Morgan fingerprint density at radius 2 is 2.22 bits per heavy atom. The summed E-state index contributed by atoms with van der Waals surface area (Å²) in [4.78, 5) is 8.61. The van der Waals surface area contributed by atoms with E-state index in [1.165, 1.54) is 0 Å². The Kier molecular flexibility index (Phi) is 3.76. The van der Waals surface area contributed by atoms with E-state index < -0.39 is 0 Å². The molecule has 5 nitrogen and oxygen atoms in total. The third kappa shape index (κ3) is 2.95. The number of rotatable bonds is 4.